The van der Waals surface area contributed by atoms with Crippen molar-refractivity contribution in [3.8, 4) is 5.75 Å². The van der Waals surface area contributed by atoms with Crippen LogP contribution in [0.15, 0.2) is 54.6 Å². The van der Waals surface area contributed by atoms with Gasteiger partial charge in [-0.3, -0.25) is 0 Å². The largest absolute Gasteiger partial charge is 0.489 e. The molecule has 1 heterocycles. The second kappa shape index (κ2) is 7.43. The quantitative estimate of drug-likeness (QED) is 0.890. The molecule has 1 aliphatic rings. The molecule has 0 radical (unpaired) electrons. The van der Waals surface area contributed by atoms with E-state index in [1.54, 1.807) is 0 Å². The summed E-state index contributed by atoms with van der Waals surface area (Å²) in [6.45, 7) is 2.70. The van der Waals surface area contributed by atoms with E-state index in [2.05, 4.69) is 23.5 Å². The molecular formula is C19H24N2O. The minimum atomic E-state index is 0.0501. The summed E-state index contributed by atoms with van der Waals surface area (Å²) >= 11 is 0. The lowest BCUT2D eigenvalue weighted by Crippen LogP contribution is -2.33. The number of para-hydroxylation sites is 1. The van der Waals surface area contributed by atoms with Crippen LogP contribution >= 0.6 is 0 Å². The first-order valence-electron chi connectivity index (χ1n) is 8.06. The van der Waals surface area contributed by atoms with Crippen molar-refractivity contribution < 1.29 is 4.74 Å². The summed E-state index contributed by atoms with van der Waals surface area (Å²) in [6.07, 6.45) is 2.27. The third-order valence-corrected chi connectivity index (χ3v) is 4.41. The minimum Gasteiger partial charge on any atom is -0.489 e. The first kappa shape index (κ1) is 15.1. The Balaban J connectivity index is 1.71. The minimum absolute atomic E-state index is 0.0501. The van der Waals surface area contributed by atoms with E-state index < -0.39 is 0 Å². The predicted molar refractivity (Wildman–Crippen MR) is 89.7 cm³/mol. The van der Waals surface area contributed by atoms with Gasteiger partial charge in [0, 0.05) is 11.6 Å². The van der Waals surface area contributed by atoms with Crippen LogP contribution in [0, 0.1) is 5.92 Å². The molecule has 22 heavy (non-hydrogen) atoms. The molecule has 2 aromatic carbocycles. The first-order chi connectivity index (χ1) is 10.8. The van der Waals surface area contributed by atoms with Crippen LogP contribution in [0.3, 0.4) is 0 Å². The fraction of sp³-hybridized carbons (Fsp3) is 0.368. The third kappa shape index (κ3) is 3.67. The molecule has 116 valence electrons. The average Bonchev–Trinajstić information content (AvgIpc) is 2.61. The van der Waals surface area contributed by atoms with Crippen molar-refractivity contribution in [1.29, 1.82) is 0 Å². The van der Waals surface area contributed by atoms with Crippen molar-refractivity contribution in [2.75, 3.05) is 13.1 Å². The number of hydrogen-bond acceptors (Lipinski definition) is 3. The lowest BCUT2D eigenvalue weighted by molar-refractivity contribution is 0.284. The number of piperidine rings is 1. The summed E-state index contributed by atoms with van der Waals surface area (Å²) in [4.78, 5) is 0. The van der Waals surface area contributed by atoms with Crippen LogP contribution in [0.2, 0.25) is 0 Å². The van der Waals surface area contributed by atoms with E-state index >= 15 is 0 Å². The van der Waals surface area contributed by atoms with Crippen molar-refractivity contribution >= 4 is 0 Å². The molecule has 0 unspecified atom stereocenters. The summed E-state index contributed by atoms with van der Waals surface area (Å²) in [7, 11) is 0. The average molecular weight is 296 g/mol. The van der Waals surface area contributed by atoms with Crippen LogP contribution in [-0.2, 0) is 6.61 Å². The highest BCUT2D eigenvalue weighted by molar-refractivity contribution is 5.36. The number of ether oxygens (including phenoxy) is 1. The zero-order valence-electron chi connectivity index (χ0n) is 12.9. The van der Waals surface area contributed by atoms with E-state index in [9.17, 15) is 0 Å². The molecular weight excluding hydrogens is 272 g/mol. The Morgan fingerprint density at radius 3 is 2.45 bits per heavy atom. The molecule has 0 spiro atoms. The fourth-order valence-electron chi connectivity index (χ4n) is 3.08. The van der Waals surface area contributed by atoms with E-state index in [1.807, 2.05) is 36.4 Å². The Hall–Kier alpha value is -1.84. The Morgan fingerprint density at radius 2 is 1.68 bits per heavy atom. The van der Waals surface area contributed by atoms with Crippen LogP contribution in [0.1, 0.15) is 30.0 Å². The monoisotopic (exact) mass is 296 g/mol. The number of nitrogens with two attached hydrogens (primary N) is 1. The Labute approximate surface area is 132 Å². The summed E-state index contributed by atoms with van der Waals surface area (Å²) in [5.74, 6) is 1.44. The molecule has 2 aromatic rings. The van der Waals surface area contributed by atoms with Crippen LogP contribution in [0.25, 0.3) is 0 Å². The molecule has 3 rings (SSSR count). The van der Waals surface area contributed by atoms with E-state index in [4.69, 9.17) is 10.5 Å². The van der Waals surface area contributed by atoms with E-state index in [0.29, 0.717) is 12.5 Å². The number of rotatable bonds is 5. The molecule has 0 aromatic heterocycles. The van der Waals surface area contributed by atoms with Crippen LogP contribution < -0.4 is 15.8 Å². The molecule has 0 amide bonds. The first-order valence-corrected chi connectivity index (χ1v) is 8.06. The number of hydrogen-bond donors (Lipinski definition) is 2. The highest BCUT2D eigenvalue weighted by Crippen LogP contribution is 2.32. The molecule has 3 heteroatoms. The zero-order chi connectivity index (χ0) is 15.2. The highest BCUT2D eigenvalue weighted by Gasteiger charge is 2.23. The van der Waals surface area contributed by atoms with Gasteiger partial charge in [-0.05, 0) is 43.5 Å². The van der Waals surface area contributed by atoms with E-state index in [1.165, 1.54) is 5.56 Å². The molecule has 1 aliphatic heterocycles. The van der Waals surface area contributed by atoms with E-state index in [-0.39, 0.29) is 6.04 Å². The fourth-order valence-corrected chi connectivity index (χ4v) is 3.08. The maximum Gasteiger partial charge on any atom is 0.124 e. The van der Waals surface area contributed by atoms with Crippen LogP contribution in [0.5, 0.6) is 5.75 Å². The molecule has 3 nitrogen and oxygen atoms in total. The summed E-state index contributed by atoms with van der Waals surface area (Å²) in [5.41, 5.74) is 8.84. The number of benzene rings is 2. The van der Waals surface area contributed by atoms with Crippen molar-refractivity contribution in [1.82, 2.24) is 5.32 Å². The van der Waals surface area contributed by atoms with Gasteiger partial charge in [0.05, 0.1) is 0 Å². The van der Waals surface area contributed by atoms with Gasteiger partial charge < -0.3 is 15.8 Å². The Kier molecular flexibility index (Phi) is 5.09. The summed E-state index contributed by atoms with van der Waals surface area (Å²) in [5, 5.41) is 3.40. The second-order valence-electron chi connectivity index (χ2n) is 5.93. The smallest absolute Gasteiger partial charge is 0.124 e. The lowest BCUT2D eigenvalue weighted by Gasteiger charge is -2.29. The molecule has 0 aliphatic carbocycles. The van der Waals surface area contributed by atoms with Gasteiger partial charge in [0.2, 0.25) is 0 Å². The standard InChI is InChI=1S/C19H24N2O/c20-19(16-10-12-21-13-11-16)17-8-4-5-9-18(17)22-14-15-6-2-1-3-7-15/h1-9,16,19,21H,10-14,20H2/t19-/m1/s1. The van der Waals surface area contributed by atoms with Gasteiger partial charge >= 0.3 is 0 Å². The van der Waals surface area contributed by atoms with Gasteiger partial charge in [-0.2, -0.15) is 0 Å². The molecule has 1 fully saturated rings. The molecule has 1 saturated heterocycles. The molecule has 0 saturated carbocycles. The van der Waals surface area contributed by atoms with Crippen molar-refractivity contribution in [3.63, 3.8) is 0 Å². The lowest BCUT2D eigenvalue weighted by atomic mass is 9.86. The van der Waals surface area contributed by atoms with Crippen molar-refractivity contribution in [3.05, 3.63) is 65.7 Å². The van der Waals surface area contributed by atoms with E-state index in [0.717, 1.165) is 37.2 Å². The van der Waals surface area contributed by atoms with Gasteiger partial charge in [0.15, 0.2) is 0 Å². The maximum absolute atomic E-state index is 6.53. The van der Waals surface area contributed by atoms with Crippen LogP contribution in [-0.4, -0.2) is 13.1 Å². The summed E-state index contributed by atoms with van der Waals surface area (Å²) < 4.78 is 6.04. The van der Waals surface area contributed by atoms with Crippen LogP contribution in [0.4, 0.5) is 0 Å². The van der Waals surface area contributed by atoms with Gasteiger partial charge in [0.25, 0.3) is 0 Å². The predicted octanol–water partition coefficient (Wildman–Crippen LogP) is 3.27. The normalized spacial score (nSPS) is 17.1. The maximum atomic E-state index is 6.53. The number of nitrogens with one attached hydrogen (secondary N) is 1. The highest BCUT2D eigenvalue weighted by atomic mass is 16.5. The Morgan fingerprint density at radius 1 is 1.00 bits per heavy atom. The van der Waals surface area contributed by atoms with Gasteiger partial charge in [-0.25, -0.2) is 0 Å². The van der Waals surface area contributed by atoms with Crippen molar-refractivity contribution in [2.45, 2.75) is 25.5 Å². The molecule has 0 bridgehead atoms. The van der Waals surface area contributed by atoms with Crippen molar-refractivity contribution in [2.24, 2.45) is 11.7 Å². The molecule has 3 N–H and O–H groups in total. The van der Waals surface area contributed by atoms with Gasteiger partial charge in [0.1, 0.15) is 12.4 Å². The van der Waals surface area contributed by atoms with Gasteiger partial charge in [-0.1, -0.05) is 48.5 Å². The Bertz CT molecular complexity index is 579. The topological polar surface area (TPSA) is 47.3 Å². The summed E-state index contributed by atoms with van der Waals surface area (Å²) in [6, 6.07) is 18.5. The second-order valence-corrected chi connectivity index (χ2v) is 5.93. The van der Waals surface area contributed by atoms with Gasteiger partial charge in [-0.15, -0.1) is 0 Å². The third-order valence-electron chi connectivity index (χ3n) is 4.41. The SMILES string of the molecule is N[C@@H](c1ccccc1OCc1ccccc1)C1CCNCC1. The molecule has 1 atom stereocenters. The zero-order valence-corrected chi connectivity index (χ0v) is 12.9.